The van der Waals surface area contributed by atoms with Crippen molar-refractivity contribution in [2.24, 2.45) is 5.73 Å². The lowest BCUT2D eigenvalue weighted by molar-refractivity contribution is 0.429. The van der Waals surface area contributed by atoms with Crippen molar-refractivity contribution in [2.45, 2.75) is 13.0 Å². The molecular formula is C14H13F2NO. The van der Waals surface area contributed by atoms with Gasteiger partial charge in [0.25, 0.3) is 0 Å². The highest BCUT2D eigenvalue weighted by molar-refractivity contribution is 5.40. The quantitative estimate of drug-likeness (QED) is 0.898. The van der Waals surface area contributed by atoms with Gasteiger partial charge >= 0.3 is 0 Å². The van der Waals surface area contributed by atoms with Crippen molar-refractivity contribution in [1.29, 1.82) is 0 Å². The van der Waals surface area contributed by atoms with E-state index < -0.39 is 11.6 Å². The summed E-state index contributed by atoms with van der Waals surface area (Å²) in [7, 11) is 0. The lowest BCUT2D eigenvalue weighted by Crippen LogP contribution is -2.07. The van der Waals surface area contributed by atoms with Crippen LogP contribution in [0.5, 0.6) is 11.5 Å². The largest absolute Gasteiger partial charge is 0.454 e. The maximum atomic E-state index is 13.7. The molecule has 0 saturated heterocycles. The third-order valence-corrected chi connectivity index (χ3v) is 2.50. The average molecular weight is 249 g/mol. The van der Waals surface area contributed by atoms with E-state index in [4.69, 9.17) is 10.5 Å². The highest BCUT2D eigenvalue weighted by atomic mass is 19.1. The molecular weight excluding hydrogens is 236 g/mol. The van der Waals surface area contributed by atoms with Crippen molar-refractivity contribution in [2.75, 3.05) is 0 Å². The van der Waals surface area contributed by atoms with Gasteiger partial charge in [-0.1, -0.05) is 18.2 Å². The van der Waals surface area contributed by atoms with E-state index in [9.17, 15) is 8.78 Å². The van der Waals surface area contributed by atoms with Crippen LogP contribution in [0.4, 0.5) is 8.78 Å². The number of rotatable bonds is 3. The van der Waals surface area contributed by atoms with Crippen molar-refractivity contribution in [3.05, 3.63) is 59.7 Å². The fraction of sp³-hybridized carbons (Fsp3) is 0.143. The number of para-hydroxylation sites is 1. The van der Waals surface area contributed by atoms with Gasteiger partial charge in [-0.25, -0.2) is 8.78 Å². The van der Waals surface area contributed by atoms with Crippen LogP contribution in [0.3, 0.4) is 0 Å². The number of hydrogen-bond donors (Lipinski definition) is 1. The Hall–Kier alpha value is -1.94. The first-order valence-electron chi connectivity index (χ1n) is 5.55. The standard InChI is InChI=1S/C14H13F2NO/c1-9(17)12-6-3-7-13(16)14(12)18-11-5-2-4-10(15)8-11/h2-9H,17H2,1H3. The molecule has 4 heteroatoms. The highest BCUT2D eigenvalue weighted by Crippen LogP contribution is 2.31. The summed E-state index contributed by atoms with van der Waals surface area (Å²) in [5, 5.41) is 0. The normalized spacial score (nSPS) is 12.2. The Kier molecular flexibility index (Phi) is 3.58. The van der Waals surface area contributed by atoms with Crippen LogP contribution >= 0.6 is 0 Å². The second-order valence-electron chi connectivity index (χ2n) is 4.01. The van der Waals surface area contributed by atoms with Gasteiger partial charge in [-0.3, -0.25) is 0 Å². The molecule has 1 unspecified atom stereocenters. The van der Waals surface area contributed by atoms with Gasteiger partial charge in [0.1, 0.15) is 11.6 Å². The van der Waals surface area contributed by atoms with E-state index in [0.717, 1.165) is 0 Å². The maximum absolute atomic E-state index is 13.7. The van der Waals surface area contributed by atoms with Crippen molar-refractivity contribution < 1.29 is 13.5 Å². The predicted molar refractivity (Wildman–Crippen MR) is 65.5 cm³/mol. The number of ether oxygens (including phenoxy) is 1. The van der Waals surface area contributed by atoms with Crippen LogP contribution in [-0.2, 0) is 0 Å². The van der Waals surface area contributed by atoms with Gasteiger partial charge < -0.3 is 10.5 Å². The fourth-order valence-electron chi connectivity index (χ4n) is 1.64. The summed E-state index contributed by atoms with van der Waals surface area (Å²) in [5.41, 5.74) is 6.29. The molecule has 0 aliphatic carbocycles. The van der Waals surface area contributed by atoms with Crippen LogP contribution in [-0.4, -0.2) is 0 Å². The van der Waals surface area contributed by atoms with Gasteiger partial charge in [0.15, 0.2) is 11.6 Å². The molecule has 2 rings (SSSR count). The van der Waals surface area contributed by atoms with Crippen LogP contribution in [0.25, 0.3) is 0 Å². The Morgan fingerprint density at radius 2 is 1.83 bits per heavy atom. The first kappa shape index (κ1) is 12.5. The monoisotopic (exact) mass is 249 g/mol. The van der Waals surface area contributed by atoms with Crippen LogP contribution in [0, 0.1) is 11.6 Å². The fourth-order valence-corrected chi connectivity index (χ4v) is 1.64. The topological polar surface area (TPSA) is 35.2 Å². The molecule has 94 valence electrons. The van der Waals surface area contributed by atoms with E-state index in [1.807, 2.05) is 0 Å². The third kappa shape index (κ3) is 2.65. The average Bonchev–Trinajstić information content (AvgIpc) is 2.31. The molecule has 2 aromatic rings. The van der Waals surface area contributed by atoms with Crippen LogP contribution < -0.4 is 10.5 Å². The van der Waals surface area contributed by atoms with E-state index >= 15 is 0 Å². The summed E-state index contributed by atoms with van der Waals surface area (Å²) >= 11 is 0. The van der Waals surface area contributed by atoms with Gasteiger partial charge in [-0.2, -0.15) is 0 Å². The van der Waals surface area contributed by atoms with Gasteiger partial charge in [-0.15, -0.1) is 0 Å². The molecule has 0 saturated carbocycles. The van der Waals surface area contributed by atoms with Crippen molar-refractivity contribution in [3.63, 3.8) is 0 Å². The molecule has 0 radical (unpaired) electrons. The molecule has 2 aromatic carbocycles. The zero-order chi connectivity index (χ0) is 13.1. The number of halogens is 2. The zero-order valence-electron chi connectivity index (χ0n) is 9.86. The minimum absolute atomic E-state index is 0.0399. The SMILES string of the molecule is CC(N)c1cccc(F)c1Oc1cccc(F)c1. The smallest absolute Gasteiger partial charge is 0.167 e. The molecule has 0 amide bonds. The summed E-state index contributed by atoms with van der Waals surface area (Å²) in [5.74, 6) is -0.680. The van der Waals surface area contributed by atoms with Crippen LogP contribution in [0.1, 0.15) is 18.5 Å². The van der Waals surface area contributed by atoms with E-state index in [0.29, 0.717) is 5.56 Å². The maximum Gasteiger partial charge on any atom is 0.167 e. The molecule has 18 heavy (non-hydrogen) atoms. The summed E-state index contributed by atoms with van der Waals surface area (Å²) in [4.78, 5) is 0. The summed E-state index contributed by atoms with van der Waals surface area (Å²) in [6.45, 7) is 1.73. The van der Waals surface area contributed by atoms with E-state index in [1.54, 1.807) is 25.1 Å². The molecule has 1 atom stereocenters. The molecule has 2 nitrogen and oxygen atoms in total. The lowest BCUT2D eigenvalue weighted by atomic mass is 10.1. The minimum atomic E-state index is -0.519. The Balaban J connectivity index is 2.39. The third-order valence-electron chi connectivity index (χ3n) is 2.50. The molecule has 0 bridgehead atoms. The second-order valence-corrected chi connectivity index (χ2v) is 4.01. The second kappa shape index (κ2) is 5.14. The predicted octanol–water partition coefficient (Wildman–Crippen LogP) is 3.78. The minimum Gasteiger partial charge on any atom is -0.454 e. The van der Waals surface area contributed by atoms with Crippen molar-refractivity contribution in [3.8, 4) is 11.5 Å². The van der Waals surface area contributed by atoms with Gasteiger partial charge in [0, 0.05) is 17.7 Å². The Morgan fingerprint density at radius 1 is 1.11 bits per heavy atom. The molecule has 0 fully saturated rings. The van der Waals surface area contributed by atoms with Crippen molar-refractivity contribution in [1.82, 2.24) is 0 Å². The van der Waals surface area contributed by atoms with Gasteiger partial charge in [0.05, 0.1) is 0 Å². The first-order valence-corrected chi connectivity index (χ1v) is 5.55. The molecule has 0 aromatic heterocycles. The van der Waals surface area contributed by atoms with E-state index in [-0.39, 0.29) is 17.5 Å². The molecule has 0 heterocycles. The number of benzene rings is 2. The van der Waals surface area contributed by atoms with Gasteiger partial charge in [-0.05, 0) is 25.1 Å². The summed E-state index contributed by atoms with van der Waals surface area (Å²) < 4.78 is 32.1. The highest BCUT2D eigenvalue weighted by Gasteiger charge is 2.14. The Labute approximate surface area is 104 Å². The molecule has 0 aliphatic heterocycles. The van der Waals surface area contributed by atoms with Gasteiger partial charge in [0.2, 0.25) is 0 Å². The molecule has 2 N–H and O–H groups in total. The molecule has 0 aliphatic rings. The molecule has 0 spiro atoms. The Morgan fingerprint density at radius 3 is 2.50 bits per heavy atom. The van der Waals surface area contributed by atoms with E-state index in [2.05, 4.69) is 0 Å². The lowest BCUT2D eigenvalue weighted by Gasteiger charge is -2.14. The zero-order valence-corrected chi connectivity index (χ0v) is 9.86. The Bertz CT molecular complexity index is 555. The summed E-state index contributed by atoms with van der Waals surface area (Å²) in [6.07, 6.45) is 0. The van der Waals surface area contributed by atoms with Crippen molar-refractivity contribution >= 4 is 0 Å². The summed E-state index contributed by atoms with van der Waals surface area (Å²) in [6, 6.07) is 9.69. The number of hydrogen-bond acceptors (Lipinski definition) is 2. The van der Waals surface area contributed by atoms with Crippen LogP contribution in [0.2, 0.25) is 0 Å². The van der Waals surface area contributed by atoms with E-state index in [1.165, 1.54) is 24.3 Å². The van der Waals surface area contributed by atoms with Crippen LogP contribution in [0.15, 0.2) is 42.5 Å². The number of nitrogens with two attached hydrogens (primary N) is 1. The first-order chi connectivity index (χ1) is 8.58.